The van der Waals surface area contributed by atoms with Gasteiger partial charge in [0.1, 0.15) is 5.01 Å². The number of amides is 2. The van der Waals surface area contributed by atoms with E-state index in [2.05, 4.69) is 17.2 Å². The van der Waals surface area contributed by atoms with Crippen LogP contribution < -0.4 is 5.32 Å². The first-order valence-corrected chi connectivity index (χ1v) is 12.0. The maximum Gasteiger partial charge on any atom is 0.357 e. The Morgan fingerprint density at radius 3 is 2.45 bits per heavy atom. The van der Waals surface area contributed by atoms with Crippen molar-refractivity contribution in [2.75, 3.05) is 13.7 Å². The molecule has 2 amide bonds. The van der Waals surface area contributed by atoms with E-state index in [1.807, 2.05) is 4.90 Å². The second-order valence-corrected chi connectivity index (χ2v) is 10.3. The highest BCUT2D eigenvalue weighted by molar-refractivity contribution is 7.09. The first-order valence-electron chi connectivity index (χ1n) is 11.1. The number of nitrogens with one attached hydrogen (secondary N) is 1. The minimum absolute atomic E-state index is 0.00882. The van der Waals surface area contributed by atoms with Crippen LogP contribution in [0.15, 0.2) is 5.38 Å². The zero-order valence-electron chi connectivity index (χ0n) is 17.6. The molecule has 4 aliphatic rings. The summed E-state index contributed by atoms with van der Waals surface area (Å²) in [5, 5.41) is 5.98. The first kappa shape index (κ1) is 20.6. The lowest BCUT2D eigenvalue weighted by atomic mass is 9.53. The van der Waals surface area contributed by atoms with Crippen LogP contribution in [-0.4, -0.2) is 41.1 Å². The molecule has 1 aromatic rings. The van der Waals surface area contributed by atoms with Crippen LogP contribution in [0.2, 0.25) is 0 Å². The third-order valence-corrected chi connectivity index (χ3v) is 7.84. The Morgan fingerprint density at radius 1 is 1.21 bits per heavy atom. The topological polar surface area (TPSA) is 71.5 Å². The Morgan fingerprint density at radius 2 is 1.86 bits per heavy atom. The van der Waals surface area contributed by atoms with Crippen molar-refractivity contribution in [2.24, 2.45) is 17.8 Å². The van der Waals surface area contributed by atoms with Crippen LogP contribution in [0.1, 0.15) is 80.2 Å². The van der Waals surface area contributed by atoms with Gasteiger partial charge in [0.15, 0.2) is 5.69 Å². The number of hydrogen-bond donors (Lipinski definition) is 1. The molecule has 1 N–H and O–H groups in total. The van der Waals surface area contributed by atoms with Crippen LogP contribution >= 0.6 is 11.3 Å². The third-order valence-electron chi connectivity index (χ3n) is 7.00. The van der Waals surface area contributed by atoms with Gasteiger partial charge in [0, 0.05) is 17.5 Å². The van der Waals surface area contributed by atoms with Gasteiger partial charge in [-0.1, -0.05) is 19.8 Å². The molecule has 6 nitrogen and oxygen atoms in total. The smallest absolute Gasteiger partial charge is 0.357 e. The summed E-state index contributed by atoms with van der Waals surface area (Å²) in [6.45, 7) is 3.34. The third kappa shape index (κ3) is 4.60. The average molecular weight is 420 g/mol. The monoisotopic (exact) mass is 419 g/mol. The predicted octanol–water partition coefficient (Wildman–Crippen LogP) is 4.60. The Hall–Kier alpha value is -1.63. The van der Waals surface area contributed by atoms with E-state index >= 15 is 0 Å². The van der Waals surface area contributed by atoms with E-state index in [9.17, 15) is 9.59 Å². The number of nitrogens with zero attached hydrogens (tertiary/aromatic N) is 2. The fourth-order valence-corrected chi connectivity index (χ4v) is 6.90. The highest BCUT2D eigenvalue weighted by atomic mass is 32.1. The van der Waals surface area contributed by atoms with Crippen molar-refractivity contribution in [1.29, 1.82) is 0 Å². The van der Waals surface area contributed by atoms with Crippen LogP contribution in [0.5, 0.6) is 0 Å². The van der Waals surface area contributed by atoms with Gasteiger partial charge >= 0.3 is 12.0 Å². The van der Waals surface area contributed by atoms with Crippen molar-refractivity contribution in [3.8, 4) is 0 Å². The Balaban J connectivity index is 1.43. The number of unbranched alkanes of at least 4 members (excludes halogenated alkanes) is 2. The molecule has 0 unspecified atom stereocenters. The quantitative estimate of drug-likeness (QED) is 0.494. The molecule has 0 spiro atoms. The number of methoxy groups -OCH3 is 1. The zero-order valence-corrected chi connectivity index (χ0v) is 18.4. The molecule has 1 aromatic heterocycles. The summed E-state index contributed by atoms with van der Waals surface area (Å²) in [5.74, 6) is 1.98. The molecule has 5 rings (SSSR count). The highest BCUT2D eigenvalue weighted by Gasteiger charge is 2.51. The molecule has 0 aliphatic heterocycles. The number of urea groups is 1. The lowest BCUT2D eigenvalue weighted by Crippen LogP contribution is -2.61. The number of hydrogen-bond acceptors (Lipinski definition) is 5. The van der Waals surface area contributed by atoms with Crippen LogP contribution in [0.4, 0.5) is 4.79 Å². The average Bonchev–Trinajstić information content (AvgIpc) is 3.14. The Labute approximate surface area is 177 Å². The van der Waals surface area contributed by atoms with E-state index in [-0.39, 0.29) is 11.6 Å². The van der Waals surface area contributed by atoms with Crippen LogP contribution in [0, 0.1) is 17.8 Å². The highest BCUT2D eigenvalue weighted by Crippen LogP contribution is 2.55. The number of thiazole rings is 1. The number of esters is 1. The summed E-state index contributed by atoms with van der Waals surface area (Å²) < 4.78 is 4.75. The van der Waals surface area contributed by atoms with E-state index in [1.165, 1.54) is 37.7 Å². The van der Waals surface area contributed by atoms with Gasteiger partial charge in [-0.3, -0.25) is 0 Å². The molecular weight excluding hydrogens is 386 g/mol. The molecule has 0 atom stereocenters. The second-order valence-electron chi connectivity index (χ2n) is 9.37. The molecular formula is C22H33N3O3S. The van der Waals surface area contributed by atoms with E-state index in [0.717, 1.165) is 67.8 Å². The second kappa shape index (κ2) is 8.62. The van der Waals surface area contributed by atoms with Gasteiger partial charge in [0.05, 0.1) is 13.7 Å². The fourth-order valence-electron chi connectivity index (χ4n) is 6.12. The number of carbonyl (C=O) groups excluding carboxylic acids is 2. The Bertz CT molecular complexity index is 712. The van der Waals surface area contributed by atoms with Crippen molar-refractivity contribution >= 4 is 23.3 Å². The first-order chi connectivity index (χ1) is 14.0. The molecule has 7 heteroatoms. The number of rotatable bonds is 8. The SMILES string of the molecule is CCCCCN(Cc1nc(C(=O)OC)cs1)C(=O)NC12CC3CC(CC(C3)C1)C2. The van der Waals surface area contributed by atoms with Crippen molar-refractivity contribution < 1.29 is 14.3 Å². The van der Waals surface area contributed by atoms with Gasteiger partial charge in [-0.25, -0.2) is 14.6 Å². The number of ether oxygens (including phenoxy) is 1. The van der Waals surface area contributed by atoms with Gasteiger partial charge < -0.3 is 15.0 Å². The number of carbonyl (C=O) groups is 2. The van der Waals surface area contributed by atoms with Crippen molar-refractivity contribution in [3.63, 3.8) is 0 Å². The summed E-state index contributed by atoms with van der Waals surface area (Å²) in [7, 11) is 1.36. The normalized spacial score (nSPS) is 29.7. The summed E-state index contributed by atoms with van der Waals surface area (Å²) in [4.78, 5) is 31.3. The summed E-state index contributed by atoms with van der Waals surface area (Å²) in [6.07, 6.45) is 10.8. The lowest BCUT2D eigenvalue weighted by Gasteiger charge is -2.57. The van der Waals surface area contributed by atoms with Gasteiger partial charge in [-0.05, 0) is 62.7 Å². The maximum atomic E-state index is 13.3. The minimum atomic E-state index is -0.428. The predicted molar refractivity (Wildman–Crippen MR) is 113 cm³/mol. The molecule has 4 bridgehead atoms. The summed E-state index contributed by atoms with van der Waals surface area (Å²) in [5.41, 5.74) is 0.331. The molecule has 4 aliphatic carbocycles. The number of aromatic nitrogens is 1. The fraction of sp³-hybridized carbons (Fsp3) is 0.773. The van der Waals surface area contributed by atoms with Crippen molar-refractivity contribution in [2.45, 2.75) is 76.8 Å². The van der Waals surface area contributed by atoms with Crippen LogP contribution in [0.3, 0.4) is 0 Å². The molecule has 0 radical (unpaired) electrons. The minimum Gasteiger partial charge on any atom is -0.464 e. The molecule has 4 fully saturated rings. The van der Waals surface area contributed by atoms with E-state index in [0.29, 0.717) is 12.2 Å². The van der Waals surface area contributed by atoms with Gasteiger partial charge in [0.25, 0.3) is 0 Å². The molecule has 160 valence electrons. The van der Waals surface area contributed by atoms with Crippen LogP contribution in [0.25, 0.3) is 0 Å². The molecule has 1 heterocycles. The lowest BCUT2D eigenvalue weighted by molar-refractivity contribution is -0.0158. The molecule has 4 saturated carbocycles. The Kier molecular flexibility index (Phi) is 6.13. The van der Waals surface area contributed by atoms with Crippen molar-refractivity contribution in [3.05, 3.63) is 16.1 Å². The molecule has 0 saturated heterocycles. The molecule has 29 heavy (non-hydrogen) atoms. The van der Waals surface area contributed by atoms with E-state index in [4.69, 9.17) is 4.74 Å². The summed E-state index contributed by atoms with van der Waals surface area (Å²) in [6, 6.07) is 0.0397. The largest absolute Gasteiger partial charge is 0.464 e. The van der Waals surface area contributed by atoms with E-state index in [1.54, 1.807) is 5.38 Å². The maximum absolute atomic E-state index is 13.3. The van der Waals surface area contributed by atoms with Gasteiger partial charge in [-0.2, -0.15) is 0 Å². The summed E-state index contributed by atoms with van der Waals surface area (Å²) >= 11 is 1.41. The molecule has 0 aromatic carbocycles. The van der Waals surface area contributed by atoms with Crippen molar-refractivity contribution in [1.82, 2.24) is 15.2 Å². The zero-order chi connectivity index (χ0) is 20.4. The van der Waals surface area contributed by atoms with E-state index < -0.39 is 5.97 Å². The van der Waals surface area contributed by atoms with Crippen LogP contribution in [-0.2, 0) is 11.3 Å². The standard InChI is InChI=1S/C22H33N3O3S/c1-3-4-5-6-25(13-19-23-18(14-29-19)20(26)28-2)21(27)24-22-10-15-7-16(11-22)9-17(8-15)12-22/h14-17H,3-13H2,1-2H3,(H,24,27). The van der Waals surface area contributed by atoms with Gasteiger partial charge in [-0.15, -0.1) is 11.3 Å². The van der Waals surface area contributed by atoms with Gasteiger partial charge in [0.2, 0.25) is 0 Å².